The monoisotopic (exact) mass is 465 g/mol. The Morgan fingerprint density at radius 1 is 1.12 bits per heavy atom. The Balaban J connectivity index is 0.00000259. The number of aromatic nitrogens is 1. The van der Waals surface area contributed by atoms with Crippen LogP contribution in [0.2, 0.25) is 0 Å². The van der Waals surface area contributed by atoms with E-state index in [-0.39, 0.29) is 22.9 Å². The zero-order chi connectivity index (χ0) is 22.2. The molecular weight excluding hydrogens is 437 g/mol. The summed E-state index contributed by atoms with van der Waals surface area (Å²) in [5.41, 5.74) is 5.92. The average molecular weight is 466 g/mol. The molecule has 1 aliphatic carbocycles. The quantitative estimate of drug-likeness (QED) is 0.582. The van der Waals surface area contributed by atoms with Gasteiger partial charge in [-0.25, -0.2) is 4.39 Å². The van der Waals surface area contributed by atoms with Gasteiger partial charge in [0.15, 0.2) is 0 Å². The van der Waals surface area contributed by atoms with Crippen LogP contribution in [0.5, 0.6) is 0 Å². The average Bonchev–Trinajstić information content (AvgIpc) is 3.42. The topological polar surface area (TPSA) is 85.3 Å². The summed E-state index contributed by atoms with van der Waals surface area (Å²) in [5.74, 6) is -0.0805. The third kappa shape index (κ3) is 4.35. The first kappa shape index (κ1) is 23.3. The van der Waals surface area contributed by atoms with E-state index in [1.807, 2.05) is 25.1 Å². The fourth-order valence-corrected chi connectivity index (χ4v) is 5.90. The third-order valence-electron chi connectivity index (χ3n) is 6.38. The number of halogens is 1. The summed E-state index contributed by atoms with van der Waals surface area (Å²) in [6, 6.07) is 15.3. The maximum atomic E-state index is 14.5. The van der Waals surface area contributed by atoms with E-state index in [4.69, 9.17) is 0 Å². The standard InChI is InChI=1S/C26H25FN2O2S.H3N/c1-2-11-32(31)25-16-24-19(15-22(25)27)8-10-29(24)26(30)21-12-17-6-7-18(13-20(17)14-21)23-5-3-4-9-28-23;/h3-7,9,13,15-16,21H,2,8,10-12,14H2,1H3;1H3/t21-,32?;/m1./s1. The number of carbonyl (C=O) groups excluding carboxylic acids is 1. The smallest absolute Gasteiger partial charge is 0.230 e. The first-order valence-electron chi connectivity index (χ1n) is 11.1. The van der Waals surface area contributed by atoms with Gasteiger partial charge in [-0.1, -0.05) is 25.1 Å². The largest absolute Gasteiger partial charge is 0.344 e. The van der Waals surface area contributed by atoms with Crippen molar-refractivity contribution in [2.75, 3.05) is 17.2 Å². The van der Waals surface area contributed by atoms with Gasteiger partial charge in [-0.3, -0.25) is 14.0 Å². The molecule has 3 N–H and O–H groups in total. The van der Waals surface area contributed by atoms with E-state index in [1.165, 1.54) is 17.2 Å². The molecule has 7 heteroatoms. The Bertz CT molecular complexity index is 1220. The van der Waals surface area contributed by atoms with E-state index < -0.39 is 16.6 Å². The molecule has 0 radical (unpaired) electrons. The normalized spacial score (nSPS) is 17.3. The van der Waals surface area contributed by atoms with Gasteiger partial charge in [-0.2, -0.15) is 0 Å². The molecule has 0 bridgehead atoms. The van der Waals surface area contributed by atoms with Crippen molar-refractivity contribution >= 4 is 22.4 Å². The molecule has 1 amide bonds. The highest BCUT2D eigenvalue weighted by atomic mass is 32.2. The van der Waals surface area contributed by atoms with Crippen molar-refractivity contribution < 1.29 is 13.4 Å². The maximum absolute atomic E-state index is 14.5. The zero-order valence-corrected chi connectivity index (χ0v) is 19.5. The van der Waals surface area contributed by atoms with Crippen LogP contribution in [0.4, 0.5) is 10.1 Å². The summed E-state index contributed by atoms with van der Waals surface area (Å²) in [6.45, 7) is 2.47. The highest BCUT2D eigenvalue weighted by molar-refractivity contribution is 7.85. The number of fused-ring (bicyclic) bond motifs is 2. The van der Waals surface area contributed by atoms with Crippen molar-refractivity contribution in [3.63, 3.8) is 0 Å². The van der Waals surface area contributed by atoms with Crippen LogP contribution in [-0.4, -0.2) is 27.4 Å². The van der Waals surface area contributed by atoms with Crippen LogP contribution in [0.3, 0.4) is 0 Å². The molecule has 5 nitrogen and oxygen atoms in total. The number of carbonyl (C=O) groups is 1. The third-order valence-corrected chi connectivity index (χ3v) is 7.96. The van der Waals surface area contributed by atoms with E-state index in [1.54, 1.807) is 17.2 Å². The predicted molar refractivity (Wildman–Crippen MR) is 130 cm³/mol. The Kier molecular flexibility index (Phi) is 6.72. The molecular formula is C26H28FN3O2S. The predicted octanol–water partition coefficient (Wildman–Crippen LogP) is 4.87. The van der Waals surface area contributed by atoms with Gasteiger partial charge in [0.1, 0.15) is 5.82 Å². The lowest BCUT2D eigenvalue weighted by atomic mass is 10.0. The fourth-order valence-electron chi connectivity index (χ4n) is 4.79. The molecule has 2 aromatic carbocycles. The van der Waals surface area contributed by atoms with E-state index >= 15 is 0 Å². The van der Waals surface area contributed by atoms with Gasteiger partial charge < -0.3 is 11.1 Å². The molecule has 2 aliphatic rings. The minimum absolute atomic E-state index is 0. The second kappa shape index (κ2) is 9.53. The lowest BCUT2D eigenvalue weighted by molar-refractivity contribution is -0.122. The summed E-state index contributed by atoms with van der Waals surface area (Å²) in [4.78, 5) is 19.9. The summed E-state index contributed by atoms with van der Waals surface area (Å²) < 4.78 is 27.0. The van der Waals surface area contributed by atoms with Crippen LogP contribution in [0.15, 0.2) is 59.6 Å². The van der Waals surface area contributed by atoms with Crippen LogP contribution in [0.25, 0.3) is 11.3 Å². The number of hydrogen-bond donors (Lipinski definition) is 1. The van der Waals surface area contributed by atoms with Gasteiger partial charge >= 0.3 is 0 Å². The Morgan fingerprint density at radius 3 is 2.70 bits per heavy atom. The van der Waals surface area contributed by atoms with Crippen LogP contribution < -0.4 is 11.1 Å². The number of benzene rings is 2. The van der Waals surface area contributed by atoms with Crippen molar-refractivity contribution in [3.05, 3.63) is 77.2 Å². The van der Waals surface area contributed by atoms with E-state index in [0.717, 1.165) is 22.5 Å². The molecule has 172 valence electrons. The van der Waals surface area contributed by atoms with Crippen molar-refractivity contribution in [2.45, 2.75) is 37.5 Å². The second-order valence-electron chi connectivity index (χ2n) is 8.50. The minimum Gasteiger partial charge on any atom is -0.344 e. The number of pyridine rings is 1. The molecule has 2 heterocycles. The molecule has 0 fully saturated rings. The Morgan fingerprint density at radius 2 is 1.94 bits per heavy atom. The molecule has 0 spiro atoms. The molecule has 1 aliphatic heterocycles. The molecule has 1 unspecified atom stereocenters. The van der Waals surface area contributed by atoms with E-state index in [2.05, 4.69) is 23.2 Å². The summed E-state index contributed by atoms with van der Waals surface area (Å²) in [6.07, 6.45) is 4.52. The summed E-state index contributed by atoms with van der Waals surface area (Å²) in [5, 5.41) is 0. The van der Waals surface area contributed by atoms with Crippen molar-refractivity contribution in [3.8, 4) is 11.3 Å². The number of rotatable bonds is 5. The van der Waals surface area contributed by atoms with Gasteiger partial charge in [-0.15, -0.1) is 0 Å². The minimum atomic E-state index is -1.39. The Hall–Kier alpha value is -2.90. The Labute approximate surface area is 196 Å². The molecule has 33 heavy (non-hydrogen) atoms. The highest BCUT2D eigenvalue weighted by Crippen LogP contribution is 2.36. The number of anilines is 1. The van der Waals surface area contributed by atoms with Crippen LogP contribution in [0.1, 0.15) is 30.0 Å². The molecule has 2 atom stereocenters. The van der Waals surface area contributed by atoms with Crippen molar-refractivity contribution in [1.82, 2.24) is 11.1 Å². The molecule has 0 saturated heterocycles. The highest BCUT2D eigenvalue weighted by Gasteiger charge is 2.35. The van der Waals surface area contributed by atoms with Crippen molar-refractivity contribution in [2.24, 2.45) is 5.92 Å². The van der Waals surface area contributed by atoms with Crippen LogP contribution in [-0.2, 0) is 34.9 Å². The second-order valence-corrected chi connectivity index (χ2v) is 10.0. The van der Waals surface area contributed by atoms with Gasteiger partial charge in [0.2, 0.25) is 5.91 Å². The first-order chi connectivity index (χ1) is 15.5. The number of nitrogens with zero attached hydrogens (tertiary/aromatic N) is 2. The van der Waals surface area contributed by atoms with Gasteiger partial charge in [-0.05, 0) is 72.7 Å². The van der Waals surface area contributed by atoms with Gasteiger partial charge in [0.25, 0.3) is 0 Å². The van der Waals surface area contributed by atoms with Gasteiger partial charge in [0, 0.05) is 35.7 Å². The van der Waals surface area contributed by atoms with E-state index in [9.17, 15) is 13.4 Å². The first-order valence-corrected chi connectivity index (χ1v) is 12.4. The molecule has 3 aromatic rings. The van der Waals surface area contributed by atoms with Crippen LogP contribution in [0, 0.1) is 11.7 Å². The molecule has 5 rings (SSSR count). The van der Waals surface area contributed by atoms with Crippen molar-refractivity contribution in [1.29, 1.82) is 0 Å². The summed E-state index contributed by atoms with van der Waals surface area (Å²) >= 11 is 0. The number of amides is 1. The van der Waals surface area contributed by atoms with Crippen LogP contribution >= 0.6 is 0 Å². The zero-order valence-electron chi connectivity index (χ0n) is 18.7. The SMILES string of the molecule is CCCS(=O)c1cc2c(cc1F)CCN2C(=O)[C@@H]1Cc2ccc(-c3ccccn3)cc2C1.N. The lowest BCUT2D eigenvalue weighted by Gasteiger charge is -2.22. The molecule has 0 saturated carbocycles. The number of hydrogen-bond acceptors (Lipinski definition) is 4. The lowest BCUT2D eigenvalue weighted by Crippen LogP contribution is -2.35. The van der Waals surface area contributed by atoms with E-state index in [0.29, 0.717) is 38.0 Å². The fraction of sp³-hybridized carbons (Fsp3) is 0.308. The van der Waals surface area contributed by atoms with Gasteiger partial charge in [0.05, 0.1) is 21.4 Å². The maximum Gasteiger partial charge on any atom is 0.230 e. The summed E-state index contributed by atoms with van der Waals surface area (Å²) in [7, 11) is -1.39. The molecule has 1 aromatic heterocycles.